The van der Waals surface area contributed by atoms with Crippen molar-refractivity contribution in [3.8, 4) is 11.5 Å². The van der Waals surface area contributed by atoms with Gasteiger partial charge in [0, 0.05) is 18.7 Å². The topological polar surface area (TPSA) is 54.9 Å². The van der Waals surface area contributed by atoms with Crippen LogP contribution in [0.1, 0.15) is 24.2 Å². The molecule has 30 heavy (non-hydrogen) atoms. The van der Waals surface area contributed by atoms with Crippen molar-refractivity contribution in [1.29, 1.82) is 0 Å². The molecular formula is C22H28ClN3O3S. The van der Waals surface area contributed by atoms with Crippen molar-refractivity contribution in [2.75, 3.05) is 39.2 Å². The summed E-state index contributed by atoms with van der Waals surface area (Å²) in [7, 11) is 5.60. The molecule has 0 atom stereocenters. The van der Waals surface area contributed by atoms with Gasteiger partial charge in [-0.05, 0) is 64.3 Å². The third-order valence-corrected chi connectivity index (χ3v) is 5.35. The maximum atomic E-state index is 13.3. The van der Waals surface area contributed by atoms with Gasteiger partial charge in [0.15, 0.2) is 5.13 Å². The summed E-state index contributed by atoms with van der Waals surface area (Å²) in [5.41, 5.74) is 1.38. The van der Waals surface area contributed by atoms with Crippen molar-refractivity contribution < 1.29 is 14.3 Å². The minimum absolute atomic E-state index is 0. The number of thiazole rings is 1. The van der Waals surface area contributed by atoms with Crippen LogP contribution in [0.2, 0.25) is 0 Å². The van der Waals surface area contributed by atoms with Crippen LogP contribution in [0.5, 0.6) is 11.5 Å². The molecule has 1 heterocycles. The lowest BCUT2D eigenvalue weighted by Crippen LogP contribution is -2.36. The van der Waals surface area contributed by atoms with Crippen molar-refractivity contribution in [3.05, 3.63) is 48.0 Å². The third-order valence-electron chi connectivity index (χ3n) is 4.31. The molecule has 2 aromatic carbocycles. The number of halogens is 1. The number of carbonyl (C=O) groups excluding carboxylic acids is 1. The lowest BCUT2D eigenvalue weighted by Gasteiger charge is -2.22. The zero-order valence-corrected chi connectivity index (χ0v) is 19.5. The van der Waals surface area contributed by atoms with Gasteiger partial charge in [-0.25, -0.2) is 4.98 Å². The van der Waals surface area contributed by atoms with Crippen molar-refractivity contribution in [3.63, 3.8) is 0 Å². The Bertz CT molecular complexity index is 973. The second kappa shape index (κ2) is 10.6. The van der Waals surface area contributed by atoms with E-state index in [0.29, 0.717) is 23.0 Å². The van der Waals surface area contributed by atoms with Crippen molar-refractivity contribution in [2.45, 2.75) is 20.0 Å². The standard InChI is InChI=1S/C22H27N3O3S.ClH/c1-15(2)28-17-11-9-16(10-12-17)21(26)25(14-13-24(3)4)22-23-20-18(27-5)7-6-8-19(20)29-22;/h6-12,15H,13-14H2,1-5H3;1H. The first kappa shape index (κ1) is 23.9. The predicted molar refractivity (Wildman–Crippen MR) is 126 cm³/mol. The summed E-state index contributed by atoms with van der Waals surface area (Å²) in [5, 5.41) is 0.666. The van der Waals surface area contributed by atoms with Crippen LogP contribution >= 0.6 is 23.7 Å². The Kier molecular flexibility index (Phi) is 8.46. The predicted octanol–water partition coefficient (Wildman–Crippen LogP) is 4.72. The maximum absolute atomic E-state index is 13.3. The van der Waals surface area contributed by atoms with Crippen LogP contribution in [0.4, 0.5) is 5.13 Å². The molecule has 0 aliphatic heterocycles. The summed E-state index contributed by atoms with van der Waals surface area (Å²) < 4.78 is 12.1. The van der Waals surface area contributed by atoms with Gasteiger partial charge in [-0.15, -0.1) is 12.4 Å². The van der Waals surface area contributed by atoms with E-state index in [4.69, 9.17) is 14.5 Å². The average Bonchev–Trinajstić information content (AvgIpc) is 3.11. The van der Waals surface area contributed by atoms with E-state index in [1.165, 1.54) is 11.3 Å². The first-order valence-corrected chi connectivity index (χ1v) is 10.4. The van der Waals surface area contributed by atoms with E-state index in [1.807, 2.05) is 63.2 Å². The highest BCUT2D eigenvalue weighted by molar-refractivity contribution is 7.22. The number of amides is 1. The number of fused-ring (bicyclic) bond motifs is 1. The van der Waals surface area contributed by atoms with Gasteiger partial charge >= 0.3 is 0 Å². The SMILES string of the molecule is COc1cccc2sc(N(CCN(C)C)C(=O)c3ccc(OC(C)C)cc3)nc12.Cl. The molecular weight excluding hydrogens is 422 g/mol. The molecule has 3 aromatic rings. The highest BCUT2D eigenvalue weighted by Gasteiger charge is 2.22. The quantitative estimate of drug-likeness (QED) is 0.498. The minimum atomic E-state index is -0.0824. The molecule has 0 N–H and O–H groups in total. The van der Waals surface area contributed by atoms with Gasteiger partial charge in [0.25, 0.3) is 5.91 Å². The molecule has 0 radical (unpaired) electrons. The van der Waals surface area contributed by atoms with Crippen molar-refractivity contribution in [2.24, 2.45) is 0 Å². The number of rotatable bonds is 8. The van der Waals surface area contributed by atoms with Crippen LogP contribution in [-0.2, 0) is 0 Å². The summed E-state index contributed by atoms with van der Waals surface area (Å²) in [6.45, 7) is 5.22. The number of anilines is 1. The van der Waals surface area contributed by atoms with E-state index in [2.05, 4.69) is 0 Å². The smallest absolute Gasteiger partial charge is 0.260 e. The van der Waals surface area contributed by atoms with Gasteiger partial charge in [0.1, 0.15) is 17.0 Å². The largest absolute Gasteiger partial charge is 0.494 e. The Labute approximate surface area is 187 Å². The second-order valence-electron chi connectivity index (χ2n) is 7.25. The van der Waals surface area contributed by atoms with E-state index in [1.54, 1.807) is 24.1 Å². The summed E-state index contributed by atoms with van der Waals surface area (Å²) in [5.74, 6) is 1.38. The molecule has 0 spiro atoms. The molecule has 1 amide bonds. The normalized spacial score (nSPS) is 10.9. The maximum Gasteiger partial charge on any atom is 0.260 e. The lowest BCUT2D eigenvalue weighted by atomic mass is 10.2. The van der Waals surface area contributed by atoms with Crippen LogP contribution in [0, 0.1) is 0 Å². The number of hydrogen-bond donors (Lipinski definition) is 0. The van der Waals surface area contributed by atoms with Crippen LogP contribution < -0.4 is 14.4 Å². The molecule has 0 saturated heterocycles. The van der Waals surface area contributed by atoms with E-state index in [-0.39, 0.29) is 24.4 Å². The highest BCUT2D eigenvalue weighted by Crippen LogP contribution is 2.34. The fraction of sp³-hybridized carbons (Fsp3) is 0.364. The number of benzene rings is 2. The number of ether oxygens (including phenoxy) is 2. The van der Waals surface area contributed by atoms with E-state index < -0.39 is 0 Å². The zero-order chi connectivity index (χ0) is 21.0. The van der Waals surface area contributed by atoms with Crippen LogP contribution in [0.15, 0.2) is 42.5 Å². The molecule has 0 aliphatic rings. The van der Waals surface area contributed by atoms with Gasteiger partial charge in [0.05, 0.1) is 17.9 Å². The molecule has 0 aliphatic carbocycles. The van der Waals surface area contributed by atoms with Crippen molar-refractivity contribution >= 4 is 45.0 Å². The number of nitrogens with zero attached hydrogens (tertiary/aromatic N) is 3. The van der Waals surface area contributed by atoms with E-state index in [9.17, 15) is 4.79 Å². The average molecular weight is 450 g/mol. The van der Waals surface area contributed by atoms with Gasteiger partial charge in [-0.2, -0.15) is 0 Å². The Morgan fingerprint density at radius 2 is 1.80 bits per heavy atom. The Morgan fingerprint density at radius 3 is 2.40 bits per heavy atom. The molecule has 162 valence electrons. The third kappa shape index (κ3) is 5.62. The van der Waals surface area contributed by atoms with Gasteiger partial charge in [-0.3, -0.25) is 9.69 Å². The second-order valence-corrected chi connectivity index (χ2v) is 8.26. The lowest BCUT2D eigenvalue weighted by molar-refractivity contribution is 0.0985. The number of likely N-dealkylation sites (N-methyl/N-ethyl adjacent to an activating group) is 1. The fourth-order valence-corrected chi connectivity index (χ4v) is 3.89. The van der Waals surface area contributed by atoms with E-state index in [0.717, 1.165) is 22.5 Å². The molecule has 6 nitrogen and oxygen atoms in total. The molecule has 8 heteroatoms. The van der Waals surface area contributed by atoms with Gasteiger partial charge < -0.3 is 14.4 Å². The molecule has 0 saturated carbocycles. The number of para-hydroxylation sites is 1. The number of methoxy groups -OCH3 is 1. The van der Waals surface area contributed by atoms with Gasteiger partial charge in [-0.1, -0.05) is 17.4 Å². The Morgan fingerprint density at radius 1 is 1.10 bits per heavy atom. The number of hydrogen-bond acceptors (Lipinski definition) is 6. The molecule has 3 rings (SSSR count). The van der Waals surface area contributed by atoms with Crippen molar-refractivity contribution in [1.82, 2.24) is 9.88 Å². The fourth-order valence-electron chi connectivity index (χ4n) is 2.88. The monoisotopic (exact) mass is 449 g/mol. The summed E-state index contributed by atoms with van der Waals surface area (Å²) in [6.07, 6.45) is 0.0888. The zero-order valence-electron chi connectivity index (χ0n) is 17.9. The molecule has 0 fully saturated rings. The summed E-state index contributed by atoms with van der Waals surface area (Å²) >= 11 is 1.49. The Balaban J connectivity index is 0.00000320. The Hall–Kier alpha value is -2.35. The number of carbonyl (C=O) groups is 1. The van der Waals surface area contributed by atoms with Crippen LogP contribution in [0.3, 0.4) is 0 Å². The summed E-state index contributed by atoms with van der Waals surface area (Å²) in [4.78, 5) is 21.8. The first-order valence-electron chi connectivity index (χ1n) is 9.56. The van der Waals surface area contributed by atoms with Crippen LogP contribution in [-0.4, -0.2) is 56.2 Å². The first-order chi connectivity index (χ1) is 13.9. The minimum Gasteiger partial charge on any atom is -0.494 e. The molecule has 0 bridgehead atoms. The number of aromatic nitrogens is 1. The summed E-state index contributed by atoms with van der Waals surface area (Å²) in [6, 6.07) is 13.1. The highest BCUT2D eigenvalue weighted by atomic mass is 35.5. The molecule has 0 unspecified atom stereocenters. The molecule has 1 aromatic heterocycles. The van der Waals surface area contributed by atoms with Gasteiger partial charge in [0.2, 0.25) is 0 Å². The van der Waals surface area contributed by atoms with Crippen LogP contribution in [0.25, 0.3) is 10.2 Å². The van der Waals surface area contributed by atoms with E-state index >= 15 is 0 Å².